The number of aliphatic hydroxyl groups is 1. The Labute approximate surface area is 188 Å². The smallest absolute Gasteiger partial charge is 0.262 e. The third-order valence-electron chi connectivity index (χ3n) is 5.58. The van der Waals surface area contributed by atoms with Gasteiger partial charge in [0.15, 0.2) is 16.7 Å². The Morgan fingerprint density at radius 1 is 1.29 bits per heavy atom. The predicted molar refractivity (Wildman–Crippen MR) is 120 cm³/mol. The summed E-state index contributed by atoms with van der Waals surface area (Å²) in [6.45, 7) is 0.818. The molecule has 5 rings (SSSR count). The van der Waals surface area contributed by atoms with Crippen molar-refractivity contribution in [2.24, 2.45) is 7.05 Å². The topological polar surface area (TPSA) is 82.8 Å². The van der Waals surface area contributed by atoms with Gasteiger partial charge in [0.1, 0.15) is 4.83 Å². The van der Waals surface area contributed by atoms with Crippen LogP contribution in [0.4, 0.5) is 0 Å². The summed E-state index contributed by atoms with van der Waals surface area (Å²) in [6.07, 6.45) is 3.67. The molecule has 1 atom stereocenters. The van der Waals surface area contributed by atoms with Crippen LogP contribution in [0.15, 0.2) is 28.2 Å². The lowest BCUT2D eigenvalue weighted by Gasteiger charge is -2.13. The fourth-order valence-corrected chi connectivity index (χ4v) is 6.14. The standard InChI is InChI=1S/C22H24N2O5S2/c1-24-21(26)19-15-4-2-3-5-18(15)31-20(19)23-22(24)30-11-14(25)10-27-9-13-6-7-16-17(8-13)29-12-28-16/h6-8,14,25H,2-5,9-12H2,1H3/t14-/m0/s1. The summed E-state index contributed by atoms with van der Waals surface area (Å²) in [5.41, 5.74) is 2.17. The number of benzene rings is 1. The molecule has 0 radical (unpaired) electrons. The van der Waals surface area contributed by atoms with E-state index in [0.717, 1.165) is 46.5 Å². The molecule has 0 bridgehead atoms. The van der Waals surface area contributed by atoms with E-state index in [-0.39, 0.29) is 19.0 Å². The average molecular weight is 461 g/mol. The largest absolute Gasteiger partial charge is 0.454 e. The van der Waals surface area contributed by atoms with Crippen LogP contribution in [-0.2, 0) is 31.2 Å². The Hall–Kier alpha value is -2.07. The first-order valence-corrected chi connectivity index (χ1v) is 12.2. The lowest BCUT2D eigenvalue weighted by atomic mass is 9.97. The number of nitrogens with zero attached hydrogens (tertiary/aromatic N) is 2. The highest BCUT2D eigenvalue weighted by molar-refractivity contribution is 7.99. The van der Waals surface area contributed by atoms with Gasteiger partial charge in [0.2, 0.25) is 6.79 Å². The average Bonchev–Trinajstić information content (AvgIpc) is 3.39. The quantitative estimate of drug-likeness (QED) is 0.428. The zero-order chi connectivity index (χ0) is 21.4. The molecule has 3 heterocycles. The third-order valence-corrected chi connectivity index (χ3v) is 7.94. The number of ether oxygens (including phenoxy) is 3. The monoisotopic (exact) mass is 460 g/mol. The summed E-state index contributed by atoms with van der Waals surface area (Å²) in [4.78, 5) is 19.8. The number of aliphatic hydroxyl groups excluding tert-OH is 1. The summed E-state index contributed by atoms with van der Waals surface area (Å²) in [5.74, 6) is 1.86. The first kappa shape index (κ1) is 20.8. The maximum atomic E-state index is 12.9. The van der Waals surface area contributed by atoms with Crippen LogP contribution in [0, 0.1) is 0 Å². The van der Waals surface area contributed by atoms with Gasteiger partial charge in [-0.3, -0.25) is 9.36 Å². The second-order valence-corrected chi connectivity index (χ2v) is 9.89. The van der Waals surface area contributed by atoms with Crippen LogP contribution in [0.2, 0.25) is 0 Å². The van der Waals surface area contributed by atoms with Gasteiger partial charge in [0, 0.05) is 17.7 Å². The Balaban J connectivity index is 1.19. The fraction of sp³-hybridized carbons (Fsp3) is 0.455. The van der Waals surface area contributed by atoms with E-state index in [1.165, 1.54) is 28.6 Å². The van der Waals surface area contributed by atoms with Crippen LogP contribution in [0.3, 0.4) is 0 Å². The zero-order valence-electron chi connectivity index (χ0n) is 17.3. The van der Waals surface area contributed by atoms with Gasteiger partial charge < -0.3 is 19.3 Å². The predicted octanol–water partition coefficient (Wildman–Crippen LogP) is 3.27. The van der Waals surface area contributed by atoms with Gasteiger partial charge in [-0.1, -0.05) is 17.8 Å². The number of hydrogen-bond acceptors (Lipinski definition) is 8. The van der Waals surface area contributed by atoms with Crippen LogP contribution >= 0.6 is 23.1 Å². The summed E-state index contributed by atoms with van der Waals surface area (Å²) in [5, 5.41) is 11.8. The van der Waals surface area contributed by atoms with Gasteiger partial charge in [-0.05, 0) is 48.9 Å². The van der Waals surface area contributed by atoms with Gasteiger partial charge in [-0.2, -0.15) is 0 Å². The molecular weight excluding hydrogens is 436 g/mol. The molecule has 0 fully saturated rings. The van der Waals surface area contributed by atoms with Crippen molar-refractivity contribution in [3.63, 3.8) is 0 Å². The van der Waals surface area contributed by atoms with E-state index < -0.39 is 6.10 Å². The van der Waals surface area contributed by atoms with Crippen LogP contribution in [-0.4, -0.2) is 39.9 Å². The molecule has 2 aromatic heterocycles. The van der Waals surface area contributed by atoms with Crippen molar-refractivity contribution in [2.45, 2.75) is 43.6 Å². The van der Waals surface area contributed by atoms with E-state index in [1.54, 1.807) is 23.0 Å². The molecule has 0 unspecified atom stereocenters. The SMILES string of the molecule is Cn1c(SC[C@@H](O)COCc2ccc3c(c2)OCO3)nc2sc3c(c2c1=O)CCCC3. The number of rotatable bonds is 7. The van der Waals surface area contributed by atoms with Crippen molar-refractivity contribution in [3.8, 4) is 11.5 Å². The maximum Gasteiger partial charge on any atom is 0.262 e. The minimum atomic E-state index is -0.664. The second-order valence-electron chi connectivity index (χ2n) is 7.82. The molecule has 2 aliphatic rings. The summed E-state index contributed by atoms with van der Waals surface area (Å²) < 4.78 is 17.9. The van der Waals surface area contributed by atoms with E-state index in [0.29, 0.717) is 17.5 Å². The van der Waals surface area contributed by atoms with Crippen molar-refractivity contribution in [1.29, 1.82) is 0 Å². The molecule has 164 valence electrons. The highest BCUT2D eigenvalue weighted by Gasteiger charge is 2.21. The number of thioether (sulfide) groups is 1. The number of aryl methyl sites for hydroxylation is 2. The van der Waals surface area contributed by atoms with E-state index >= 15 is 0 Å². The van der Waals surface area contributed by atoms with Gasteiger partial charge in [0.25, 0.3) is 5.56 Å². The molecule has 1 aliphatic heterocycles. The molecule has 1 N–H and O–H groups in total. The summed E-state index contributed by atoms with van der Waals surface area (Å²) >= 11 is 3.03. The van der Waals surface area contributed by atoms with Crippen molar-refractivity contribution < 1.29 is 19.3 Å². The number of aromatic nitrogens is 2. The number of hydrogen-bond donors (Lipinski definition) is 1. The van der Waals surface area contributed by atoms with Crippen molar-refractivity contribution in [2.75, 3.05) is 19.2 Å². The Morgan fingerprint density at radius 2 is 2.13 bits per heavy atom. The maximum absolute atomic E-state index is 12.9. The van der Waals surface area contributed by atoms with Gasteiger partial charge in [-0.25, -0.2) is 4.98 Å². The normalized spacial score (nSPS) is 15.9. The minimum absolute atomic E-state index is 0.0143. The molecule has 0 saturated carbocycles. The molecule has 1 aromatic carbocycles. The number of thiophene rings is 1. The summed E-state index contributed by atoms with van der Waals surface area (Å²) in [6, 6.07) is 5.67. The molecule has 0 amide bonds. The van der Waals surface area contributed by atoms with E-state index in [4.69, 9.17) is 19.2 Å². The van der Waals surface area contributed by atoms with E-state index in [9.17, 15) is 9.90 Å². The van der Waals surface area contributed by atoms with Crippen LogP contribution < -0.4 is 15.0 Å². The molecule has 3 aromatic rings. The zero-order valence-corrected chi connectivity index (χ0v) is 18.9. The molecule has 0 spiro atoms. The van der Waals surface area contributed by atoms with Crippen molar-refractivity contribution in [1.82, 2.24) is 9.55 Å². The Morgan fingerprint density at radius 3 is 3.03 bits per heavy atom. The molecule has 31 heavy (non-hydrogen) atoms. The van der Waals surface area contributed by atoms with E-state index in [2.05, 4.69) is 0 Å². The van der Waals surface area contributed by atoms with Gasteiger partial charge >= 0.3 is 0 Å². The Bertz CT molecular complexity index is 1170. The first-order valence-electron chi connectivity index (χ1n) is 10.4. The minimum Gasteiger partial charge on any atom is -0.454 e. The van der Waals surface area contributed by atoms with Crippen LogP contribution in [0.25, 0.3) is 10.2 Å². The highest BCUT2D eigenvalue weighted by atomic mass is 32.2. The molecule has 9 heteroatoms. The van der Waals surface area contributed by atoms with Gasteiger partial charge in [-0.15, -0.1) is 11.3 Å². The summed E-state index contributed by atoms with van der Waals surface area (Å²) in [7, 11) is 1.76. The lowest BCUT2D eigenvalue weighted by Crippen LogP contribution is -2.22. The van der Waals surface area contributed by atoms with Gasteiger partial charge in [0.05, 0.1) is 24.7 Å². The fourth-order valence-electron chi connectivity index (χ4n) is 3.96. The van der Waals surface area contributed by atoms with E-state index in [1.807, 2.05) is 18.2 Å². The molecule has 0 saturated heterocycles. The highest BCUT2D eigenvalue weighted by Crippen LogP contribution is 2.35. The molecule has 7 nitrogen and oxygen atoms in total. The Kier molecular flexibility index (Phi) is 5.92. The van der Waals surface area contributed by atoms with Crippen molar-refractivity contribution >= 4 is 33.3 Å². The van der Waals surface area contributed by atoms with Crippen LogP contribution in [0.5, 0.6) is 11.5 Å². The number of fused-ring (bicyclic) bond motifs is 4. The lowest BCUT2D eigenvalue weighted by molar-refractivity contribution is 0.0397. The molecular formula is C22H24N2O5S2. The molecule has 1 aliphatic carbocycles. The van der Waals surface area contributed by atoms with Crippen molar-refractivity contribution in [3.05, 3.63) is 44.6 Å². The first-order chi connectivity index (χ1) is 15.1. The van der Waals surface area contributed by atoms with Crippen LogP contribution in [0.1, 0.15) is 28.8 Å². The third kappa shape index (κ3) is 4.19. The second kappa shape index (κ2) is 8.82.